The summed E-state index contributed by atoms with van der Waals surface area (Å²) in [4.78, 5) is 38.9. The fourth-order valence-corrected chi connectivity index (χ4v) is 7.00. The summed E-state index contributed by atoms with van der Waals surface area (Å²) in [5, 5.41) is 31.7. The summed E-state index contributed by atoms with van der Waals surface area (Å²) < 4.78 is 7.36. The minimum atomic E-state index is -0.519. The fourth-order valence-electron chi connectivity index (χ4n) is 5.46. The van der Waals surface area contributed by atoms with E-state index in [1.54, 1.807) is 34.1 Å². The number of nitro benzene ring substituents is 1. The molecule has 48 heavy (non-hydrogen) atoms. The molecule has 5 aromatic rings. The molecular formula is C34H31N7O5S2. The molecule has 0 aliphatic carbocycles. The van der Waals surface area contributed by atoms with Crippen molar-refractivity contribution in [2.24, 2.45) is 5.10 Å². The number of hydrogen-bond acceptors (Lipinski definition) is 10. The average Bonchev–Trinajstić information content (AvgIpc) is 3.87. The molecule has 0 bridgehead atoms. The molecule has 0 radical (unpaired) electrons. The van der Waals surface area contributed by atoms with Gasteiger partial charge in [0.15, 0.2) is 11.0 Å². The van der Waals surface area contributed by atoms with Crippen molar-refractivity contribution < 1.29 is 19.2 Å². The van der Waals surface area contributed by atoms with Crippen molar-refractivity contribution in [1.82, 2.24) is 25.1 Å². The predicted octanol–water partition coefficient (Wildman–Crippen LogP) is 6.26. The normalized spacial score (nSPS) is 14.1. The first-order valence-corrected chi connectivity index (χ1v) is 16.8. The van der Waals surface area contributed by atoms with Gasteiger partial charge in [0.2, 0.25) is 0 Å². The van der Waals surface area contributed by atoms with Crippen LogP contribution in [0.25, 0.3) is 5.69 Å². The number of benzene rings is 3. The van der Waals surface area contributed by atoms with Crippen LogP contribution in [0.3, 0.4) is 0 Å². The molecule has 1 aliphatic rings. The van der Waals surface area contributed by atoms with Gasteiger partial charge in [-0.3, -0.25) is 24.3 Å². The van der Waals surface area contributed by atoms with E-state index in [9.17, 15) is 19.7 Å². The summed E-state index contributed by atoms with van der Waals surface area (Å²) >= 11 is 2.79. The van der Waals surface area contributed by atoms with Gasteiger partial charge in [-0.1, -0.05) is 65.9 Å². The number of hydrazone groups is 1. The van der Waals surface area contributed by atoms with E-state index in [0.717, 1.165) is 21.7 Å². The maximum atomic E-state index is 13.9. The van der Waals surface area contributed by atoms with Gasteiger partial charge in [-0.2, -0.15) is 5.10 Å². The van der Waals surface area contributed by atoms with Crippen LogP contribution in [0.15, 0.2) is 94.5 Å². The zero-order chi connectivity index (χ0) is 33.8. The lowest BCUT2D eigenvalue weighted by molar-refractivity contribution is -0.385. The maximum absolute atomic E-state index is 13.9. The standard InChI is InChI=1S/C34H31N7O5S2/c1-21-13-15-23(16-14-21)28-18-25(30-12-7-17-47-30)38-40(28)32(42)20-48-34-37-36-31(39(34)27-9-4-5-11-29(27)46-3)19-35-33(43)24-8-6-10-26(22(24)2)41(44)45/h4-17,28H,18-20H2,1-3H3,(H,35,43)/t28-/m0/s1. The molecule has 3 heterocycles. The van der Waals surface area contributed by atoms with Crippen LogP contribution in [0.4, 0.5) is 5.69 Å². The Labute approximate surface area is 284 Å². The Morgan fingerprint density at radius 3 is 2.56 bits per heavy atom. The molecule has 244 valence electrons. The minimum absolute atomic E-state index is 0.0239. The first-order chi connectivity index (χ1) is 23.2. The highest BCUT2D eigenvalue weighted by Gasteiger charge is 2.34. The largest absolute Gasteiger partial charge is 0.495 e. The van der Waals surface area contributed by atoms with Gasteiger partial charge in [0.05, 0.1) is 46.6 Å². The van der Waals surface area contributed by atoms with Gasteiger partial charge in [-0.15, -0.1) is 21.5 Å². The second-order valence-electron chi connectivity index (χ2n) is 11.0. The maximum Gasteiger partial charge on any atom is 0.273 e. The van der Waals surface area contributed by atoms with Gasteiger partial charge in [-0.05, 0) is 49.1 Å². The van der Waals surface area contributed by atoms with Crippen molar-refractivity contribution in [1.29, 1.82) is 0 Å². The highest BCUT2D eigenvalue weighted by molar-refractivity contribution is 7.99. The van der Waals surface area contributed by atoms with Gasteiger partial charge in [0.1, 0.15) is 5.75 Å². The van der Waals surface area contributed by atoms with Crippen LogP contribution in [0.2, 0.25) is 0 Å². The van der Waals surface area contributed by atoms with Gasteiger partial charge in [0, 0.05) is 23.6 Å². The van der Waals surface area contributed by atoms with Crippen LogP contribution in [0, 0.1) is 24.0 Å². The topological polar surface area (TPSA) is 145 Å². The zero-order valence-corrected chi connectivity index (χ0v) is 28.0. The summed E-state index contributed by atoms with van der Waals surface area (Å²) in [5.41, 5.74) is 3.92. The molecule has 1 atom stereocenters. The summed E-state index contributed by atoms with van der Waals surface area (Å²) in [6.07, 6.45) is 0.602. The number of methoxy groups -OCH3 is 1. The van der Waals surface area contributed by atoms with Gasteiger partial charge >= 0.3 is 0 Å². The Bertz CT molecular complexity index is 2010. The molecule has 14 heteroatoms. The number of nitrogens with one attached hydrogen (secondary N) is 1. The number of hydrogen-bond donors (Lipinski definition) is 1. The van der Waals surface area contributed by atoms with E-state index in [-0.39, 0.29) is 41.1 Å². The smallest absolute Gasteiger partial charge is 0.273 e. The Balaban J connectivity index is 1.26. The van der Waals surface area contributed by atoms with E-state index in [1.165, 1.54) is 36.9 Å². The summed E-state index contributed by atoms with van der Waals surface area (Å²) in [5.74, 6) is 0.253. The first kappa shape index (κ1) is 32.6. The summed E-state index contributed by atoms with van der Waals surface area (Å²) in [6, 6.07) is 23.5. The van der Waals surface area contributed by atoms with Crippen molar-refractivity contribution in [3.8, 4) is 11.4 Å². The van der Waals surface area contributed by atoms with Crippen LogP contribution in [0.5, 0.6) is 5.75 Å². The molecule has 0 unspecified atom stereocenters. The number of nitrogens with zero attached hydrogens (tertiary/aromatic N) is 6. The molecule has 12 nitrogen and oxygen atoms in total. The minimum Gasteiger partial charge on any atom is -0.495 e. The monoisotopic (exact) mass is 681 g/mol. The van der Waals surface area contributed by atoms with Crippen molar-refractivity contribution >= 4 is 46.3 Å². The van der Waals surface area contributed by atoms with E-state index in [0.29, 0.717) is 28.8 Å². The number of para-hydroxylation sites is 2. The van der Waals surface area contributed by atoms with Crippen molar-refractivity contribution in [2.45, 2.75) is 38.0 Å². The summed E-state index contributed by atoms with van der Waals surface area (Å²) in [7, 11) is 1.55. The quantitative estimate of drug-likeness (QED) is 0.0977. The molecule has 2 aromatic heterocycles. The molecule has 0 fully saturated rings. The predicted molar refractivity (Wildman–Crippen MR) is 184 cm³/mol. The van der Waals surface area contributed by atoms with Crippen LogP contribution in [-0.4, -0.2) is 55.1 Å². The Hall–Kier alpha value is -5.34. The van der Waals surface area contributed by atoms with Gasteiger partial charge < -0.3 is 10.1 Å². The number of aryl methyl sites for hydroxylation is 1. The number of amides is 2. The number of rotatable bonds is 11. The van der Waals surface area contributed by atoms with Crippen molar-refractivity contribution in [2.75, 3.05) is 12.9 Å². The third-order valence-corrected chi connectivity index (χ3v) is 9.77. The second kappa shape index (κ2) is 14.2. The number of ether oxygens (including phenoxy) is 1. The third-order valence-electron chi connectivity index (χ3n) is 7.94. The molecule has 0 saturated heterocycles. The molecular weight excluding hydrogens is 651 g/mol. The highest BCUT2D eigenvalue weighted by atomic mass is 32.2. The highest BCUT2D eigenvalue weighted by Crippen LogP contribution is 2.35. The van der Waals surface area contributed by atoms with E-state index in [2.05, 4.69) is 15.5 Å². The molecule has 2 amide bonds. The fraction of sp³-hybridized carbons (Fsp3) is 0.206. The molecule has 0 saturated carbocycles. The number of carbonyl (C=O) groups excluding carboxylic acids is 2. The van der Waals surface area contributed by atoms with Crippen LogP contribution in [-0.2, 0) is 11.3 Å². The van der Waals surface area contributed by atoms with E-state index in [4.69, 9.17) is 9.84 Å². The number of thiophene rings is 1. The molecule has 3 aromatic carbocycles. The molecule has 1 N–H and O–H groups in total. The van der Waals surface area contributed by atoms with Crippen LogP contribution >= 0.6 is 23.1 Å². The second-order valence-corrected chi connectivity index (χ2v) is 12.9. The van der Waals surface area contributed by atoms with E-state index >= 15 is 0 Å². The number of aromatic nitrogens is 3. The zero-order valence-electron chi connectivity index (χ0n) is 26.3. The van der Waals surface area contributed by atoms with E-state index in [1.807, 2.05) is 66.9 Å². The van der Waals surface area contributed by atoms with Gasteiger partial charge in [0.25, 0.3) is 17.5 Å². The van der Waals surface area contributed by atoms with E-state index < -0.39 is 10.8 Å². The number of carbonyl (C=O) groups is 2. The van der Waals surface area contributed by atoms with Crippen LogP contribution in [0.1, 0.15) is 50.2 Å². The third kappa shape index (κ3) is 6.71. The average molecular weight is 682 g/mol. The van der Waals surface area contributed by atoms with Crippen molar-refractivity contribution in [3.63, 3.8) is 0 Å². The van der Waals surface area contributed by atoms with Crippen LogP contribution < -0.4 is 10.1 Å². The lowest BCUT2D eigenvalue weighted by atomic mass is 10.00. The molecule has 0 spiro atoms. The lowest BCUT2D eigenvalue weighted by Crippen LogP contribution is -2.28. The van der Waals surface area contributed by atoms with Gasteiger partial charge in [-0.25, -0.2) is 5.01 Å². The lowest BCUT2D eigenvalue weighted by Gasteiger charge is -2.22. The number of nitro groups is 1. The Morgan fingerprint density at radius 2 is 1.83 bits per heavy atom. The first-order valence-electron chi connectivity index (χ1n) is 15.0. The van der Waals surface area contributed by atoms with Crippen molar-refractivity contribution in [3.05, 3.63) is 127 Å². The Kier molecular flexibility index (Phi) is 9.64. The number of thioether (sulfide) groups is 1. The Morgan fingerprint density at radius 1 is 1.04 bits per heavy atom. The molecule has 1 aliphatic heterocycles. The molecule has 6 rings (SSSR count). The summed E-state index contributed by atoms with van der Waals surface area (Å²) in [6.45, 7) is 3.52. The SMILES string of the molecule is COc1ccccc1-n1c(CNC(=O)c2cccc([N+](=O)[O-])c2C)nnc1SCC(=O)N1N=C(c2cccs2)C[C@H]1c1ccc(C)cc1.